The molecule has 172 valence electrons. The number of quaternary nitrogens is 2. The number of esters is 2. The molecule has 0 amide bonds. The van der Waals surface area contributed by atoms with E-state index in [-0.39, 0.29) is 11.9 Å². The van der Waals surface area contributed by atoms with Crippen molar-refractivity contribution in [2.75, 3.05) is 68.6 Å². The third-order valence-electron chi connectivity index (χ3n) is 2.62. The summed E-state index contributed by atoms with van der Waals surface area (Å²) in [6, 6.07) is 0. The van der Waals surface area contributed by atoms with Gasteiger partial charge in [-0.2, -0.15) is 0 Å². The largest absolute Gasteiger partial charge is 0.759 e. The van der Waals surface area contributed by atoms with Crippen molar-refractivity contribution in [2.24, 2.45) is 0 Å². The van der Waals surface area contributed by atoms with E-state index in [2.05, 4.69) is 42.3 Å². The van der Waals surface area contributed by atoms with Gasteiger partial charge in [-0.25, -0.2) is 9.59 Å². The van der Waals surface area contributed by atoms with Crippen molar-refractivity contribution in [2.45, 2.75) is 13.8 Å². The van der Waals surface area contributed by atoms with Gasteiger partial charge in [0.2, 0.25) is 0 Å². The van der Waals surface area contributed by atoms with E-state index in [0.29, 0.717) is 13.2 Å². The van der Waals surface area contributed by atoms with E-state index in [1.165, 1.54) is 12.2 Å². The van der Waals surface area contributed by atoms with Crippen LogP contribution in [0.4, 0.5) is 0 Å². The Labute approximate surface area is 175 Å². The first-order valence-electron chi connectivity index (χ1n) is 8.77. The standard InChI is InChI=1S/2C9H18NO2.H2O4S/c2*1-5-6-9(11)12-8-7-10(2,3)4;1-5(2,3)4/h2*5-6H,7-8H2,1-4H3;(H2,1,2,3,4)/q2*+1;/p-2. The summed E-state index contributed by atoms with van der Waals surface area (Å²) < 4.78 is 45.5. The second kappa shape index (κ2) is 16.1. The van der Waals surface area contributed by atoms with Gasteiger partial charge in [-0.05, 0) is 13.8 Å². The first-order valence-corrected chi connectivity index (χ1v) is 10.1. The Morgan fingerprint density at radius 2 is 1.00 bits per heavy atom. The monoisotopic (exact) mass is 440 g/mol. The van der Waals surface area contributed by atoms with Crippen LogP contribution in [0.1, 0.15) is 13.8 Å². The van der Waals surface area contributed by atoms with E-state index in [4.69, 9.17) is 27.0 Å². The highest BCUT2D eigenvalue weighted by Crippen LogP contribution is 1.91. The van der Waals surface area contributed by atoms with Crippen molar-refractivity contribution in [1.82, 2.24) is 0 Å². The van der Waals surface area contributed by atoms with Crippen molar-refractivity contribution in [3.05, 3.63) is 24.3 Å². The number of rotatable bonds is 8. The molecular weight excluding hydrogens is 404 g/mol. The molecule has 0 heterocycles. The third kappa shape index (κ3) is 46.3. The van der Waals surface area contributed by atoms with Gasteiger partial charge < -0.3 is 27.5 Å². The van der Waals surface area contributed by atoms with Crippen LogP contribution in [0.15, 0.2) is 24.3 Å². The van der Waals surface area contributed by atoms with E-state index in [1.54, 1.807) is 26.0 Å². The molecule has 0 spiro atoms. The highest BCUT2D eigenvalue weighted by atomic mass is 32.3. The molecule has 0 atom stereocenters. The molecule has 0 bridgehead atoms. The number of carbonyl (C=O) groups excluding carboxylic acids is 2. The van der Waals surface area contributed by atoms with Gasteiger partial charge in [0, 0.05) is 22.6 Å². The van der Waals surface area contributed by atoms with Gasteiger partial charge in [-0.1, -0.05) is 12.2 Å². The van der Waals surface area contributed by atoms with E-state index in [1.807, 2.05) is 0 Å². The SMILES string of the molecule is CC=CC(=O)OCC[N+](C)(C)C.CC=CC(=O)OCC[N+](C)(C)C.O=S(=O)([O-])[O-]. The van der Waals surface area contributed by atoms with Gasteiger partial charge in [0.05, 0.1) is 42.3 Å². The van der Waals surface area contributed by atoms with E-state index in [0.717, 1.165) is 22.1 Å². The fourth-order valence-electron chi connectivity index (χ4n) is 1.21. The molecule has 10 nitrogen and oxygen atoms in total. The highest BCUT2D eigenvalue weighted by molar-refractivity contribution is 7.79. The van der Waals surface area contributed by atoms with Crippen LogP contribution in [-0.4, -0.2) is 107 Å². The van der Waals surface area contributed by atoms with E-state index >= 15 is 0 Å². The summed E-state index contributed by atoms with van der Waals surface area (Å²) >= 11 is 0. The summed E-state index contributed by atoms with van der Waals surface area (Å²) in [7, 11) is 7.19. The minimum absolute atomic E-state index is 0.258. The van der Waals surface area contributed by atoms with Crippen LogP contribution in [0.5, 0.6) is 0 Å². The zero-order valence-corrected chi connectivity index (χ0v) is 19.5. The minimum atomic E-state index is -5.17. The number of nitrogens with zero attached hydrogens (tertiary/aromatic N) is 2. The van der Waals surface area contributed by atoms with Crippen LogP contribution in [0.25, 0.3) is 0 Å². The normalized spacial score (nSPS) is 11.9. The molecule has 0 aliphatic rings. The average molecular weight is 441 g/mol. The summed E-state index contributed by atoms with van der Waals surface area (Å²) in [5.74, 6) is -0.517. The second-order valence-corrected chi connectivity index (χ2v) is 8.59. The number of likely N-dealkylation sites (N-methyl/N-ethyl adjacent to an activating group) is 2. The van der Waals surface area contributed by atoms with E-state index < -0.39 is 10.4 Å². The smallest absolute Gasteiger partial charge is 0.330 e. The Balaban J connectivity index is -0.000000380. The van der Waals surface area contributed by atoms with Crippen LogP contribution in [0.2, 0.25) is 0 Å². The lowest BCUT2D eigenvalue weighted by atomic mass is 10.5. The summed E-state index contributed by atoms with van der Waals surface area (Å²) in [4.78, 5) is 21.6. The molecule has 0 saturated carbocycles. The molecule has 0 aromatic carbocycles. The highest BCUT2D eigenvalue weighted by Gasteiger charge is 2.07. The fourth-order valence-corrected chi connectivity index (χ4v) is 1.21. The quantitative estimate of drug-likeness (QED) is 0.173. The van der Waals surface area contributed by atoms with Crippen molar-refractivity contribution in [1.29, 1.82) is 0 Å². The Morgan fingerprint density at radius 1 is 0.759 bits per heavy atom. The molecule has 0 aliphatic heterocycles. The number of carbonyl (C=O) groups is 2. The van der Waals surface area contributed by atoms with Gasteiger partial charge in [0.1, 0.15) is 26.3 Å². The Bertz CT molecular complexity index is 567. The average Bonchev–Trinajstić information content (AvgIpc) is 2.44. The van der Waals surface area contributed by atoms with Crippen LogP contribution in [0, 0.1) is 0 Å². The van der Waals surface area contributed by atoms with Crippen molar-refractivity contribution in [3.8, 4) is 0 Å². The van der Waals surface area contributed by atoms with Crippen LogP contribution in [-0.2, 0) is 29.5 Å². The van der Waals surface area contributed by atoms with Crippen LogP contribution in [0.3, 0.4) is 0 Å². The van der Waals surface area contributed by atoms with Crippen molar-refractivity contribution in [3.63, 3.8) is 0 Å². The zero-order chi connectivity index (χ0) is 23.7. The van der Waals surface area contributed by atoms with Crippen LogP contribution >= 0.6 is 0 Å². The van der Waals surface area contributed by atoms with Gasteiger partial charge in [0.25, 0.3) is 0 Å². The molecule has 0 saturated heterocycles. The molecular formula is C18H36N2O8S. The topological polar surface area (TPSA) is 133 Å². The molecule has 0 rings (SSSR count). The lowest BCUT2D eigenvalue weighted by Crippen LogP contribution is -2.37. The predicted octanol–water partition coefficient (Wildman–Crippen LogP) is 0.286. The van der Waals surface area contributed by atoms with Gasteiger partial charge in [0.15, 0.2) is 0 Å². The molecule has 0 unspecified atom stereocenters. The summed E-state index contributed by atoms with van der Waals surface area (Å²) in [6.45, 7) is 6.22. The Kier molecular flexibility index (Phi) is 17.7. The number of ether oxygens (including phenoxy) is 2. The molecule has 0 radical (unpaired) electrons. The summed E-state index contributed by atoms with van der Waals surface area (Å²) in [6.07, 6.45) is 6.20. The predicted molar refractivity (Wildman–Crippen MR) is 108 cm³/mol. The Morgan fingerprint density at radius 3 is 1.17 bits per heavy atom. The molecule has 0 fully saturated rings. The molecule has 0 aromatic heterocycles. The molecule has 11 heteroatoms. The molecule has 0 N–H and O–H groups in total. The molecule has 0 aromatic rings. The fraction of sp³-hybridized carbons (Fsp3) is 0.667. The third-order valence-corrected chi connectivity index (χ3v) is 2.62. The summed E-state index contributed by atoms with van der Waals surface area (Å²) in [5.41, 5.74) is 0. The van der Waals surface area contributed by atoms with Crippen molar-refractivity contribution >= 4 is 22.3 Å². The lowest BCUT2D eigenvalue weighted by Gasteiger charge is -2.23. The van der Waals surface area contributed by atoms with E-state index in [9.17, 15) is 9.59 Å². The minimum Gasteiger partial charge on any atom is -0.759 e. The first-order chi connectivity index (χ1) is 12.9. The molecule has 29 heavy (non-hydrogen) atoms. The molecule has 0 aliphatic carbocycles. The summed E-state index contributed by atoms with van der Waals surface area (Å²) in [5, 5.41) is 0. The first kappa shape index (κ1) is 31.9. The number of hydrogen-bond acceptors (Lipinski definition) is 8. The lowest BCUT2D eigenvalue weighted by molar-refractivity contribution is -0.870. The van der Waals surface area contributed by atoms with Crippen molar-refractivity contribution < 1.29 is 45.6 Å². The van der Waals surface area contributed by atoms with Gasteiger partial charge in [-0.3, -0.25) is 8.42 Å². The van der Waals surface area contributed by atoms with Gasteiger partial charge >= 0.3 is 11.9 Å². The van der Waals surface area contributed by atoms with Gasteiger partial charge in [-0.15, -0.1) is 0 Å². The maximum Gasteiger partial charge on any atom is 0.330 e. The number of allylic oxidation sites excluding steroid dienone is 2. The maximum atomic E-state index is 10.8. The zero-order valence-electron chi connectivity index (χ0n) is 18.7. The maximum absolute atomic E-state index is 10.8. The Hall–Kier alpha value is -1.79. The number of hydrogen-bond donors (Lipinski definition) is 0. The second-order valence-electron chi connectivity index (χ2n) is 7.77. The van der Waals surface area contributed by atoms with Crippen LogP contribution < -0.4 is 0 Å².